The van der Waals surface area contributed by atoms with Crippen molar-refractivity contribution in [1.82, 2.24) is 28.2 Å². The fourth-order valence-electron chi connectivity index (χ4n) is 26.8. The second kappa shape index (κ2) is 23.9. The van der Waals surface area contributed by atoms with Crippen LogP contribution >= 0.6 is 0 Å². The molecule has 2 spiro atoms. The van der Waals surface area contributed by atoms with Gasteiger partial charge in [0.15, 0.2) is 0 Å². The highest BCUT2D eigenvalue weighted by molar-refractivity contribution is 6.16. The molecule has 6 nitrogen and oxygen atoms in total. The Hall–Kier alpha value is -12.9. The molecule has 10 aliphatic carbocycles. The molecular weight excluding hydrogens is 1410 g/mol. The predicted molar refractivity (Wildman–Crippen MR) is 478 cm³/mol. The van der Waals surface area contributed by atoms with Crippen LogP contribution in [0.2, 0.25) is 0 Å². The van der Waals surface area contributed by atoms with E-state index in [9.17, 15) is 0 Å². The fourth-order valence-corrected chi connectivity index (χ4v) is 26.8. The van der Waals surface area contributed by atoms with Crippen LogP contribution in [0, 0.1) is 47.3 Å². The summed E-state index contributed by atoms with van der Waals surface area (Å²) in [6, 6.07) is 119. The van der Waals surface area contributed by atoms with Crippen LogP contribution in [-0.2, 0) is 10.8 Å². The fraction of sp³-hybridized carbons (Fsp3) is 0.182. The van der Waals surface area contributed by atoms with E-state index in [0.29, 0.717) is 0 Å². The van der Waals surface area contributed by atoms with E-state index in [-0.39, 0.29) is 10.8 Å². The van der Waals surface area contributed by atoms with Crippen LogP contribution in [0.4, 0.5) is 0 Å². The molecule has 14 aromatic carbocycles. The van der Waals surface area contributed by atoms with Gasteiger partial charge in [0, 0.05) is 88.5 Å². The lowest BCUT2D eigenvalue weighted by Crippen LogP contribution is -2.55. The van der Waals surface area contributed by atoms with Gasteiger partial charge in [-0.05, 0) is 312 Å². The first-order valence-electron chi connectivity index (χ1n) is 42.8. The molecule has 6 heteroatoms. The molecule has 6 aromatic heterocycles. The molecule has 0 N–H and O–H groups in total. The Balaban J connectivity index is 0.000000124. The highest BCUT2D eigenvalue weighted by atomic mass is 15.0. The van der Waals surface area contributed by atoms with Crippen molar-refractivity contribution < 1.29 is 0 Å². The van der Waals surface area contributed by atoms with Crippen molar-refractivity contribution in [1.29, 1.82) is 0 Å². The van der Waals surface area contributed by atoms with Gasteiger partial charge in [-0.3, -0.25) is 9.97 Å². The lowest BCUT2D eigenvalue weighted by atomic mass is 9.43. The number of nitrogens with zero attached hydrogens (tertiary/aromatic N) is 6. The zero-order valence-electron chi connectivity index (χ0n) is 64.6. The minimum Gasteiger partial charge on any atom is -0.309 e. The molecule has 8 saturated carbocycles. The number of para-hydroxylation sites is 5. The molecular formula is C110H82N6. The van der Waals surface area contributed by atoms with Crippen LogP contribution in [0.1, 0.15) is 86.5 Å². The topological polar surface area (TPSA) is 45.5 Å². The molecule has 0 atom stereocenters. The Morgan fingerprint density at radius 3 is 0.966 bits per heavy atom. The van der Waals surface area contributed by atoms with E-state index >= 15 is 0 Å². The molecule has 8 fully saturated rings. The molecule has 8 bridgehead atoms. The van der Waals surface area contributed by atoms with Crippen molar-refractivity contribution in [3.63, 3.8) is 0 Å². The number of fused-ring (bicyclic) bond motifs is 20. The molecule has 30 rings (SSSR count). The number of hydrogen-bond acceptors (Lipinski definition) is 2. The third-order valence-electron chi connectivity index (χ3n) is 30.7. The summed E-state index contributed by atoms with van der Waals surface area (Å²) in [7, 11) is 0. The molecule has 116 heavy (non-hydrogen) atoms. The van der Waals surface area contributed by atoms with Crippen LogP contribution in [0.3, 0.4) is 0 Å². The first kappa shape index (κ1) is 64.5. The largest absolute Gasteiger partial charge is 0.309 e. The van der Waals surface area contributed by atoms with E-state index in [1.807, 2.05) is 18.5 Å². The monoisotopic (exact) mass is 1490 g/mol. The van der Waals surface area contributed by atoms with Crippen molar-refractivity contribution in [2.24, 2.45) is 47.3 Å². The number of pyridine rings is 2. The van der Waals surface area contributed by atoms with Gasteiger partial charge in [-0.1, -0.05) is 182 Å². The van der Waals surface area contributed by atoms with E-state index in [1.165, 1.54) is 207 Å². The summed E-state index contributed by atoms with van der Waals surface area (Å²) in [5.41, 5.74) is 34.4. The Bertz CT molecular complexity index is 7140. The van der Waals surface area contributed by atoms with E-state index in [2.05, 4.69) is 338 Å². The van der Waals surface area contributed by atoms with Gasteiger partial charge in [0.05, 0.1) is 66.5 Å². The van der Waals surface area contributed by atoms with Crippen molar-refractivity contribution in [3.05, 3.63) is 350 Å². The van der Waals surface area contributed by atoms with Crippen molar-refractivity contribution in [2.75, 3.05) is 0 Å². The Labute approximate surface area is 672 Å². The zero-order chi connectivity index (χ0) is 75.4. The van der Waals surface area contributed by atoms with Gasteiger partial charge in [-0.15, -0.1) is 0 Å². The van der Waals surface area contributed by atoms with Crippen molar-refractivity contribution >= 4 is 109 Å². The average Bonchev–Trinajstić information content (AvgIpc) is 1.49. The summed E-state index contributed by atoms with van der Waals surface area (Å²) in [5.74, 6) is 6.71. The molecule has 10 aliphatic rings. The van der Waals surface area contributed by atoms with Crippen LogP contribution in [-0.4, -0.2) is 28.2 Å². The summed E-state index contributed by atoms with van der Waals surface area (Å²) in [6.45, 7) is 0. The molecule has 0 amide bonds. The Kier molecular flexibility index (Phi) is 13.3. The Morgan fingerprint density at radius 1 is 0.216 bits per heavy atom. The van der Waals surface area contributed by atoms with Gasteiger partial charge in [-0.25, -0.2) is 0 Å². The quantitative estimate of drug-likeness (QED) is 0.167. The molecule has 20 aromatic rings. The van der Waals surface area contributed by atoms with Gasteiger partial charge in [0.1, 0.15) is 0 Å². The van der Waals surface area contributed by atoms with E-state index in [0.717, 1.165) is 80.5 Å². The highest BCUT2D eigenvalue weighted by Crippen LogP contribution is 2.71. The standard InChI is InChI=1S/2C55H41N3/c1-5-13-47-40(9-1)41-20-19-39(32-48(41)55(47)37-26-33-25-34(28-37)29-38(55)27-33)57-50-15-7-3-10-42(50)45-30-35(17-21-52(45)57)36-18-22-53-46(31-36)43-11-4-8-16-51(43)58(53)54-23-24-56-49-14-6-2-12-44(49)54;1-4-13-47-40(9-1)41-21-20-39(32-48(41)55(47)37-26-33-25-34(28-37)29-38(55)27-33)57-50-15-5-2-10-42(50)45-30-35(18-22-53(45)57)36-19-23-54-46(31-36)43-11-3-6-16-51(43)58(54)52-17-7-14-49-44(52)12-8-24-56-49/h2*1-24,30-34,37-38H,25-29H2. The van der Waals surface area contributed by atoms with Crippen LogP contribution in [0.25, 0.3) is 176 Å². The highest BCUT2D eigenvalue weighted by Gasteiger charge is 2.63. The maximum absolute atomic E-state index is 4.68. The lowest BCUT2D eigenvalue weighted by Gasteiger charge is -2.61. The SMILES string of the molecule is c1ccc2c(c1)-c1ccc(-n3c4ccccc4c4cc(-c5ccc6c(c5)c5ccccc5n6-c5cccc6ncccc56)ccc43)cc1C21C2CC3CC(C2)CC1C3.c1ccc2c(c1)-c1ccc(-n3c4ccccc4c4cc(-c5ccc6c(c5)c5ccccc5n6-c5ccnc6ccccc56)ccc43)cc1C21C2CC3CC(C2)CC1C3. The molecule has 0 aliphatic heterocycles. The second-order valence-electron chi connectivity index (χ2n) is 35.9. The van der Waals surface area contributed by atoms with Crippen LogP contribution < -0.4 is 0 Å². The zero-order valence-corrected chi connectivity index (χ0v) is 64.6. The molecule has 0 unspecified atom stereocenters. The number of aromatic nitrogens is 6. The molecule has 0 radical (unpaired) electrons. The summed E-state index contributed by atoms with van der Waals surface area (Å²) >= 11 is 0. The van der Waals surface area contributed by atoms with Crippen molar-refractivity contribution in [3.8, 4) is 67.3 Å². The number of rotatable bonds is 6. The summed E-state index contributed by atoms with van der Waals surface area (Å²) < 4.78 is 9.93. The van der Waals surface area contributed by atoms with Gasteiger partial charge in [0.25, 0.3) is 0 Å². The van der Waals surface area contributed by atoms with Gasteiger partial charge >= 0.3 is 0 Å². The van der Waals surface area contributed by atoms with E-state index < -0.39 is 0 Å². The maximum Gasteiger partial charge on any atom is 0.0723 e. The summed E-state index contributed by atoms with van der Waals surface area (Å²) in [4.78, 5) is 9.35. The molecule has 6 heterocycles. The second-order valence-corrected chi connectivity index (χ2v) is 35.9. The smallest absolute Gasteiger partial charge is 0.0723 e. The average molecular weight is 1490 g/mol. The minimum atomic E-state index is 0.146. The van der Waals surface area contributed by atoms with Crippen LogP contribution in [0.15, 0.2) is 328 Å². The minimum absolute atomic E-state index is 0.146. The van der Waals surface area contributed by atoms with Gasteiger partial charge in [-0.2, -0.15) is 0 Å². The summed E-state index contributed by atoms with van der Waals surface area (Å²) in [6.07, 6.45) is 17.9. The first-order chi connectivity index (χ1) is 57.4. The molecule has 552 valence electrons. The lowest BCUT2D eigenvalue weighted by molar-refractivity contribution is -0.0399. The maximum atomic E-state index is 4.68. The normalized spacial score (nSPS) is 22.9. The van der Waals surface area contributed by atoms with Crippen LogP contribution in [0.5, 0.6) is 0 Å². The van der Waals surface area contributed by atoms with E-state index in [4.69, 9.17) is 0 Å². The number of hydrogen-bond donors (Lipinski definition) is 0. The third kappa shape index (κ3) is 8.71. The van der Waals surface area contributed by atoms with E-state index in [1.54, 1.807) is 22.3 Å². The number of benzene rings is 14. The van der Waals surface area contributed by atoms with Crippen molar-refractivity contribution in [2.45, 2.75) is 75.0 Å². The Morgan fingerprint density at radius 2 is 0.534 bits per heavy atom. The first-order valence-corrected chi connectivity index (χ1v) is 42.8. The van der Waals surface area contributed by atoms with Gasteiger partial charge in [0.2, 0.25) is 0 Å². The predicted octanol–water partition coefficient (Wildman–Crippen LogP) is 27.6. The summed E-state index contributed by atoms with van der Waals surface area (Å²) in [5, 5.41) is 12.5. The van der Waals surface area contributed by atoms with Gasteiger partial charge < -0.3 is 18.3 Å². The molecule has 0 saturated heterocycles. The third-order valence-corrected chi connectivity index (χ3v) is 30.7.